The Kier molecular flexibility index (Phi) is 3.82. The monoisotopic (exact) mass is 240 g/mol. The van der Waals surface area contributed by atoms with Gasteiger partial charge in [-0.05, 0) is 27.7 Å². The highest BCUT2D eigenvalue weighted by Crippen LogP contribution is 2.11. The van der Waals surface area contributed by atoms with Gasteiger partial charge in [0.2, 0.25) is 5.91 Å². The van der Waals surface area contributed by atoms with Crippen LogP contribution in [0, 0.1) is 6.92 Å². The molecular formula is C10H16N4O3. The molecule has 1 amide bonds. The average Bonchev–Trinajstić information content (AvgIpc) is 2.57. The number of rotatable bonds is 4. The van der Waals surface area contributed by atoms with Crippen molar-refractivity contribution in [3.8, 4) is 0 Å². The van der Waals surface area contributed by atoms with E-state index in [1.165, 1.54) is 4.68 Å². The SMILES string of the molecule is Cc1c(C(=O)O)nnn1C(C)C(=O)NC(C)C. The molecule has 0 aromatic carbocycles. The summed E-state index contributed by atoms with van der Waals surface area (Å²) < 4.78 is 1.31. The van der Waals surface area contributed by atoms with Gasteiger partial charge in [0.25, 0.3) is 0 Å². The van der Waals surface area contributed by atoms with Crippen LogP contribution >= 0.6 is 0 Å². The van der Waals surface area contributed by atoms with E-state index in [1.807, 2.05) is 13.8 Å². The maximum atomic E-state index is 11.7. The van der Waals surface area contributed by atoms with E-state index in [2.05, 4.69) is 15.6 Å². The summed E-state index contributed by atoms with van der Waals surface area (Å²) in [6.07, 6.45) is 0. The van der Waals surface area contributed by atoms with E-state index in [0.29, 0.717) is 5.69 Å². The molecule has 0 aliphatic carbocycles. The van der Waals surface area contributed by atoms with Crippen molar-refractivity contribution in [3.63, 3.8) is 0 Å². The van der Waals surface area contributed by atoms with Crippen LogP contribution in [0.1, 0.15) is 43.0 Å². The van der Waals surface area contributed by atoms with Crippen LogP contribution in [0.5, 0.6) is 0 Å². The molecular weight excluding hydrogens is 224 g/mol. The van der Waals surface area contributed by atoms with Crippen molar-refractivity contribution in [2.24, 2.45) is 0 Å². The van der Waals surface area contributed by atoms with E-state index in [-0.39, 0.29) is 17.6 Å². The lowest BCUT2D eigenvalue weighted by Gasteiger charge is -2.15. The lowest BCUT2D eigenvalue weighted by atomic mass is 10.2. The van der Waals surface area contributed by atoms with E-state index in [4.69, 9.17) is 5.11 Å². The zero-order valence-corrected chi connectivity index (χ0v) is 10.3. The summed E-state index contributed by atoms with van der Waals surface area (Å²) >= 11 is 0. The fraction of sp³-hybridized carbons (Fsp3) is 0.600. The largest absolute Gasteiger partial charge is 0.476 e. The quantitative estimate of drug-likeness (QED) is 0.792. The summed E-state index contributed by atoms with van der Waals surface area (Å²) in [5.41, 5.74) is 0.234. The summed E-state index contributed by atoms with van der Waals surface area (Å²) in [6, 6.07) is -0.564. The van der Waals surface area contributed by atoms with Gasteiger partial charge in [-0.1, -0.05) is 5.21 Å². The molecule has 0 aliphatic heterocycles. The molecule has 17 heavy (non-hydrogen) atoms. The Balaban J connectivity index is 2.93. The maximum Gasteiger partial charge on any atom is 0.358 e. The number of nitrogens with zero attached hydrogens (tertiary/aromatic N) is 3. The molecule has 0 radical (unpaired) electrons. The molecule has 1 unspecified atom stereocenters. The highest BCUT2D eigenvalue weighted by atomic mass is 16.4. The number of hydrogen-bond acceptors (Lipinski definition) is 4. The van der Waals surface area contributed by atoms with Gasteiger partial charge in [-0.15, -0.1) is 5.10 Å². The number of carboxylic acid groups (broad SMARTS) is 1. The van der Waals surface area contributed by atoms with Crippen LogP contribution in [0.3, 0.4) is 0 Å². The average molecular weight is 240 g/mol. The summed E-state index contributed by atoms with van der Waals surface area (Å²) in [6.45, 7) is 6.91. The number of carbonyl (C=O) groups is 2. The third-order valence-corrected chi connectivity index (χ3v) is 2.31. The molecule has 1 atom stereocenters. The minimum absolute atomic E-state index is 0.0210. The van der Waals surface area contributed by atoms with Crippen LogP contribution in [-0.2, 0) is 4.79 Å². The first-order valence-electron chi connectivity index (χ1n) is 5.30. The predicted octanol–water partition coefficient (Wildman–Crippen LogP) is 0.370. The highest BCUT2D eigenvalue weighted by molar-refractivity contribution is 5.86. The number of carboxylic acids is 1. The van der Waals surface area contributed by atoms with Crippen molar-refractivity contribution < 1.29 is 14.7 Å². The van der Waals surface area contributed by atoms with Crippen molar-refractivity contribution in [3.05, 3.63) is 11.4 Å². The van der Waals surface area contributed by atoms with Gasteiger partial charge in [-0.3, -0.25) is 4.79 Å². The number of aromatic carboxylic acids is 1. The molecule has 0 aliphatic rings. The number of hydrogen-bond donors (Lipinski definition) is 2. The minimum Gasteiger partial charge on any atom is -0.476 e. The number of carbonyl (C=O) groups excluding carboxylic acids is 1. The van der Waals surface area contributed by atoms with E-state index >= 15 is 0 Å². The maximum absolute atomic E-state index is 11.7. The van der Waals surface area contributed by atoms with E-state index in [0.717, 1.165) is 0 Å². The molecule has 1 aromatic rings. The van der Waals surface area contributed by atoms with Crippen molar-refractivity contribution in [1.82, 2.24) is 20.3 Å². The molecule has 0 saturated carbocycles. The summed E-state index contributed by atoms with van der Waals surface area (Å²) in [7, 11) is 0. The Labute approximate surface area is 98.8 Å². The Morgan fingerprint density at radius 2 is 1.94 bits per heavy atom. The standard InChI is InChI=1S/C10H16N4O3/c1-5(2)11-9(15)7(4)14-6(3)8(10(16)17)12-13-14/h5,7H,1-4H3,(H,11,15)(H,16,17). The fourth-order valence-electron chi connectivity index (χ4n) is 1.42. The summed E-state index contributed by atoms with van der Waals surface area (Å²) in [5, 5.41) is 18.8. The topological polar surface area (TPSA) is 97.1 Å². The Hall–Kier alpha value is -1.92. The second-order valence-corrected chi connectivity index (χ2v) is 4.11. The van der Waals surface area contributed by atoms with Crippen LogP contribution < -0.4 is 5.32 Å². The fourth-order valence-corrected chi connectivity index (χ4v) is 1.42. The molecule has 7 nitrogen and oxygen atoms in total. The van der Waals surface area contributed by atoms with Gasteiger partial charge >= 0.3 is 5.97 Å². The second-order valence-electron chi connectivity index (χ2n) is 4.11. The van der Waals surface area contributed by atoms with Crippen molar-refractivity contribution in [2.45, 2.75) is 39.8 Å². The van der Waals surface area contributed by atoms with E-state index in [1.54, 1.807) is 13.8 Å². The van der Waals surface area contributed by atoms with Crippen LogP contribution in [0.15, 0.2) is 0 Å². The molecule has 1 heterocycles. The normalized spacial score (nSPS) is 12.5. The van der Waals surface area contributed by atoms with E-state index < -0.39 is 12.0 Å². The molecule has 7 heteroatoms. The molecule has 2 N–H and O–H groups in total. The first-order chi connectivity index (χ1) is 7.84. The smallest absolute Gasteiger partial charge is 0.358 e. The van der Waals surface area contributed by atoms with Gasteiger partial charge in [0.15, 0.2) is 5.69 Å². The van der Waals surface area contributed by atoms with Crippen LogP contribution in [0.4, 0.5) is 0 Å². The summed E-state index contributed by atoms with van der Waals surface area (Å²) in [4.78, 5) is 22.5. The first-order valence-corrected chi connectivity index (χ1v) is 5.30. The lowest BCUT2D eigenvalue weighted by Crippen LogP contribution is -2.36. The predicted molar refractivity (Wildman–Crippen MR) is 59.7 cm³/mol. The van der Waals surface area contributed by atoms with Gasteiger partial charge < -0.3 is 10.4 Å². The highest BCUT2D eigenvalue weighted by Gasteiger charge is 2.22. The third-order valence-electron chi connectivity index (χ3n) is 2.31. The lowest BCUT2D eigenvalue weighted by molar-refractivity contribution is -0.124. The zero-order chi connectivity index (χ0) is 13.2. The molecule has 1 rings (SSSR count). The Morgan fingerprint density at radius 1 is 1.35 bits per heavy atom. The van der Waals surface area contributed by atoms with Crippen LogP contribution in [0.2, 0.25) is 0 Å². The molecule has 1 aromatic heterocycles. The van der Waals surface area contributed by atoms with Crippen molar-refractivity contribution in [1.29, 1.82) is 0 Å². The zero-order valence-electron chi connectivity index (χ0n) is 10.3. The van der Waals surface area contributed by atoms with Gasteiger partial charge in [0.1, 0.15) is 6.04 Å². The van der Waals surface area contributed by atoms with Crippen molar-refractivity contribution in [2.75, 3.05) is 0 Å². The van der Waals surface area contributed by atoms with Crippen LogP contribution in [-0.4, -0.2) is 38.0 Å². The molecule has 94 valence electrons. The molecule has 0 saturated heterocycles. The van der Waals surface area contributed by atoms with Crippen molar-refractivity contribution >= 4 is 11.9 Å². The van der Waals surface area contributed by atoms with E-state index in [9.17, 15) is 9.59 Å². The second kappa shape index (κ2) is 4.94. The van der Waals surface area contributed by atoms with Gasteiger partial charge in [0, 0.05) is 6.04 Å². The van der Waals surface area contributed by atoms with Crippen LogP contribution in [0.25, 0.3) is 0 Å². The minimum atomic E-state index is -1.15. The van der Waals surface area contributed by atoms with Gasteiger partial charge in [-0.2, -0.15) is 0 Å². The third kappa shape index (κ3) is 2.80. The Morgan fingerprint density at radius 3 is 2.35 bits per heavy atom. The number of nitrogens with one attached hydrogen (secondary N) is 1. The molecule has 0 bridgehead atoms. The number of aromatic nitrogens is 3. The van der Waals surface area contributed by atoms with Gasteiger partial charge in [0.05, 0.1) is 5.69 Å². The molecule has 0 fully saturated rings. The Bertz CT molecular complexity index is 439. The molecule has 0 spiro atoms. The summed E-state index contributed by atoms with van der Waals surface area (Å²) in [5.74, 6) is -1.37. The number of amides is 1. The van der Waals surface area contributed by atoms with Gasteiger partial charge in [-0.25, -0.2) is 9.48 Å². The first kappa shape index (κ1) is 13.1.